The summed E-state index contributed by atoms with van der Waals surface area (Å²) in [5.41, 5.74) is 4.53. The molecule has 1 unspecified atom stereocenters. The fourth-order valence-electron chi connectivity index (χ4n) is 2.81. The van der Waals surface area contributed by atoms with Crippen molar-refractivity contribution < 1.29 is 4.74 Å². The van der Waals surface area contributed by atoms with Crippen LogP contribution in [0.1, 0.15) is 45.0 Å². The van der Waals surface area contributed by atoms with Crippen LogP contribution < -0.4 is 11.3 Å². The standard InChI is InChI=1S/C14H27ClN4O/c1-6-10-13(15)11(19(4)18-10)9-12(17-16)14(7-2,8-3)20-5/h12,17H,6-9,16H2,1-5H3. The second-order valence-electron chi connectivity index (χ2n) is 5.08. The van der Waals surface area contributed by atoms with Crippen molar-refractivity contribution in [2.45, 2.75) is 58.1 Å². The topological polar surface area (TPSA) is 65.1 Å². The van der Waals surface area contributed by atoms with E-state index in [0.717, 1.165) is 35.7 Å². The van der Waals surface area contributed by atoms with Gasteiger partial charge in [0.05, 0.1) is 28.1 Å². The van der Waals surface area contributed by atoms with Crippen molar-refractivity contribution in [2.24, 2.45) is 12.9 Å². The summed E-state index contributed by atoms with van der Waals surface area (Å²) in [6, 6.07) is -0.0138. The van der Waals surface area contributed by atoms with E-state index in [1.165, 1.54) is 0 Å². The van der Waals surface area contributed by atoms with Crippen molar-refractivity contribution in [3.8, 4) is 0 Å². The molecule has 0 amide bonds. The molecular formula is C14H27ClN4O. The molecule has 0 aliphatic rings. The van der Waals surface area contributed by atoms with Gasteiger partial charge in [-0.2, -0.15) is 5.10 Å². The van der Waals surface area contributed by atoms with Crippen LogP contribution in [0.4, 0.5) is 0 Å². The maximum atomic E-state index is 6.42. The molecule has 0 aliphatic heterocycles. The van der Waals surface area contributed by atoms with E-state index < -0.39 is 0 Å². The molecule has 1 heterocycles. The Labute approximate surface area is 126 Å². The molecule has 6 heteroatoms. The Balaban J connectivity index is 3.08. The third-order valence-electron chi connectivity index (χ3n) is 4.34. The number of hydrogen-bond donors (Lipinski definition) is 2. The summed E-state index contributed by atoms with van der Waals surface area (Å²) in [7, 11) is 3.65. The molecule has 0 saturated carbocycles. The average Bonchev–Trinajstić information content (AvgIpc) is 2.75. The molecule has 1 atom stereocenters. The third kappa shape index (κ3) is 3.17. The Bertz CT molecular complexity index is 421. The highest BCUT2D eigenvalue weighted by atomic mass is 35.5. The van der Waals surface area contributed by atoms with E-state index in [1.807, 2.05) is 18.7 Å². The van der Waals surface area contributed by atoms with Crippen molar-refractivity contribution in [1.29, 1.82) is 0 Å². The van der Waals surface area contributed by atoms with E-state index in [2.05, 4.69) is 24.4 Å². The lowest BCUT2D eigenvalue weighted by atomic mass is 9.85. The summed E-state index contributed by atoms with van der Waals surface area (Å²) in [5, 5.41) is 5.19. The normalized spacial score (nSPS) is 13.8. The number of nitrogens with two attached hydrogens (primary N) is 1. The zero-order valence-corrected chi connectivity index (χ0v) is 13.9. The predicted octanol–water partition coefficient (Wildman–Crippen LogP) is 2.22. The maximum Gasteiger partial charge on any atom is 0.0850 e. The van der Waals surface area contributed by atoms with Gasteiger partial charge in [0.1, 0.15) is 0 Å². The molecule has 0 fully saturated rings. The van der Waals surface area contributed by atoms with Crippen molar-refractivity contribution in [1.82, 2.24) is 15.2 Å². The number of aromatic nitrogens is 2. The lowest BCUT2D eigenvalue weighted by molar-refractivity contribution is -0.0476. The minimum absolute atomic E-state index is 0.0138. The molecule has 0 aromatic carbocycles. The summed E-state index contributed by atoms with van der Waals surface area (Å²) in [5.74, 6) is 5.77. The summed E-state index contributed by atoms with van der Waals surface area (Å²) >= 11 is 6.42. The highest BCUT2D eigenvalue weighted by Crippen LogP contribution is 2.29. The summed E-state index contributed by atoms with van der Waals surface area (Å²) in [4.78, 5) is 0. The molecule has 116 valence electrons. The number of nitrogens with one attached hydrogen (secondary N) is 1. The highest BCUT2D eigenvalue weighted by Gasteiger charge is 2.36. The first-order chi connectivity index (χ1) is 9.49. The zero-order chi connectivity index (χ0) is 15.3. The molecule has 0 spiro atoms. The molecule has 20 heavy (non-hydrogen) atoms. The van der Waals surface area contributed by atoms with Gasteiger partial charge in [0, 0.05) is 20.6 Å². The lowest BCUT2D eigenvalue weighted by Crippen LogP contribution is -2.55. The van der Waals surface area contributed by atoms with Crippen LogP contribution in [0.5, 0.6) is 0 Å². The van der Waals surface area contributed by atoms with Crippen molar-refractivity contribution >= 4 is 11.6 Å². The van der Waals surface area contributed by atoms with Gasteiger partial charge in [-0.25, -0.2) is 0 Å². The van der Waals surface area contributed by atoms with E-state index in [4.69, 9.17) is 22.2 Å². The molecule has 1 rings (SSSR count). The Morgan fingerprint density at radius 1 is 1.40 bits per heavy atom. The minimum atomic E-state index is -0.297. The fraction of sp³-hybridized carbons (Fsp3) is 0.786. The van der Waals surface area contributed by atoms with Crippen LogP contribution in [0.2, 0.25) is 5.02 Å². The van der Waals surface area contributed by atoms with Crippen molar-refractivity contribution in [3.05, 3.63) is 16.4 Å². The van der Waals surface area contributed by atoms with Crippen molar-refractivity contribution in [2.75, 3.05) is 7.11 Å². The minimum Gasteiger partial charge on any atom is -0.377 e. The van der Waals surface area contributed by atoms with Crippen LogP contribution in [0.15, 0.2) is 0 Å². The Hall–Kier alpha value is -0.620. The van der Waals surface area contributed by atoms with Gasteiger partial charge in [-0.05, 0) is 19.3 Å². The fourth-order valence-corrected chi connectivity index (χ4v) is 3.18. The summed E-state index contributed by atoms with van der Waals surface area (Å²) in [6.07, 6.45) is 3.27. The number of methoxy groups -OCH3 is 1. The van der Waals surface area contributed by atoms with E-state index in [-0.39, 0.29) is 11.6 Å². The van der Waals surface area contributed by atoms with Crippen LogP contribution in [-0.2, 0) is 24.6 Å². The summed E-state index contributed by atoms with van der Waals surface area (Å²) in [6.45, 7) is 6.27. The van der Waals surface area contributed by atoms with Gasteiger partial charge in [0.25, 0.3) is 0 Å². The number of nitrogens with zero attached hydrogens (tertiary/aromatic N) is 2. The second kappa shape index (κ2) is 7.41. The SMILES string of the molecule is CCc1nn(C)c(CC(NN)C(CC)(CC)OC)c1Cl. The molecular weight excluding hydrogens is 276 g/mol. The Morgan fingerprint density at radius 2 is 2.00 bits per heavy atom. The van der Waals surface area contributed by atoms with Gasteiger partial charge >= 0.3 is 0 Å². The molecule has 1 aromatic rings. The highest BCUT2D eigenvalue weighted by molar-refractivity contribution is 6.31. The number of aryl methyl sites for hydroxylation is 2. The largest absolute Gasteiger partial charge is 0.377 e. The van der Waals surface area contributed by atoms with Gasteiger partial charge in [-0.3, -0.25) is 16.0 Å². The molecule has 1 aromatic heterocycles. The monoisotopic (exact) mass is 302 g/mol. The van der Waals surface area contributed by atoms with Gasteiger partial charge in [0.2, 0.25) is 0 Å². The van der Waals surface area contributed by atoms with Gasteiger partial charge in [-0.15, -0.1) is 0 Å². The second-order valence-corrected chi connectivity index (χ2v) is 5.46. The Morgan fingerprint density at radius 3 is 2.35 bits per heavy atom. The lowest BCUT2D eigenvalue weighted by Gasteiger charge is -2.38. The number of hydrazine groups is 1. The van der Waals surface area contributed by atoms with E-state index in [0.29, 0.717) is 6.42 Å². The molecule has 0 radical (unpaired) electrons. The van der Waals surface area contributed by atoms with Gasteiger partial charge in [-0.1, -0.05) is 32.4 Å². The Kier molecular flexibility index (Phi) is 6.45. The van der Waals surface area contributed by atoms with Crippen LogP contribution in [0.25, 0.3) is 0 Å². The molecule has 0 saturated heterocycles. The third-order valence-corrected chi connectivity index (χ3v) is 4.78. The molecule has 0 bridgehead atoms. The van der Waals surface area contributed by atoms with Crippen LogP contribution in [-0.4, -0.2) is 28.5 Å². The maximum absolute atomic E-state index is 6.42. The first-order valence-electron chi connectivity index (χ1n) is 7.21. The van der Waals surface area contributed by atoms with Crippen LogP contribution in [0, 0.1) is 0 Å². The zero-order valence-electron chi connectivity index (χ0n) is 13.2. The first kappa shape index (κ1) is 17.4. The number of hydrogen-bond acceptors (Lipinski definition) is 4. The van der Waals surface area contributed by atoms with Gasteiger partial charge < -0.3 is 4.74 Å². The number of ether oxygens (including phenoxy) is 1. The van der Waals surface area contributed by atoms with E-state index in [1.54, 1.807) is 7.11 Å². The van der Waals surface area contributed by atoms with Crippen molar-refractivity contribution in [3.63, 3.8) is 0 Å². The number of halogens is 1. The van der Waals surface area contributed by atoms with E-state index >= 15 is 0 Å². The average molecular weight is 303 g/mol. The predicted molar refractivity (Wildman–Crippen MR) is 82.7 cm³/mol. The van der Waals surface area contributed by atoms with Crippen LogP contribution in [0.3, 0.4) is 0 Å². The number of rotatable bonds is 8. The molecule has 0 aliphatic carbocycles. The van der Waals surface area contributed by atoms with Gasteiger partial charge in [0.15, 0.2) is 0 Å². The van der Waals surface area contributed by atoms with E-state index in [9.17, 15) is 0 Å². The quantitative estimate of drug-likeness (QED) is 0.571. The van der Waals surface area contributed by atoms with Crippen LogP contribution >= 0.6 is 11.6 Å². The smallest absolute Gasteiger partial charge is 0.0850 e. The first-order valence-corrected chi connectivity index (χ1v) is 7.58. The molecule has 5 nitrogen and oxygen atoms in total. The molecule has 3 N–H and O–H groups in total. The summed E-state index contributed by atoms with van der Waals surface area (Å²) < 4.78 is 7.60.